The number of benzene rings is 9. The summed E-state index contributed by atoms with van der Waals surface area (Å²) in [6.45, 7) is 0. The van der Waals surface area contributed by atoms with Gasteiger partial charge in [0.05, 0.1) is 16.7 Å². The first-order valence-electron chi connectivity index (χ1n) is 18.6. The van der Waals surface area contributed by atoms with Gasteiger partial charge in [-0.3, -0.25) is 4.57 Å². The van der Waals surface area contributed by atoms with Crippen molar-refractivity contribution < 1.29 is 4.57 Å². The second kappa shape index (κ2) is 12.4. The second-order valence-electron chi connectivity index (χ2n) is 14.4. The highest BCUT2D eigenvalue weighted by atomic mass is 31.2. The number of nitrogens with zero attached hydrogens (tertiary/aromatic N) is 2. The van der Waals surface area contributed by atoms with Gasteiger partial charge in [0.25, 0.3) is 0 Å². The molecule has 0 saturated heterocycles. The zero-order chi connectivity index (χ0) is 36.5. The number of para-hydroxylation sites is 1. The van der Waals surface area contributed by atoms with Crippen LogP contribution in [0.1, 0.15) is 0 Å². The van der Waals surface area contributed by atoms with Crippen LogP contribution < -0.4 is 15.9 Å². The first-order chi connectivity index (χ1) is 27.1. The number of aromatic nitrogens is 2. The Bertz CT molecular complexity index is 3090. The first-order valence-corrected chi connectivity index (χ1v) is 20.3. The van der Waals surface area contributed by atoms with E-state index in [1.165, 1.54) is 21.5 Å². The fourth-order valence-electron chi connectivity index (χ4n) is 8.43. The van der Waals surface area contributed by atoms with Crippen LogP contribution in [0.4, 0.5) is 0 Å². The van der Waals surface area contributed by atoms with E-state index in [1.54, 1.807) is 0 Å². The van der Waals surface area contributed by atoms with E-state index >= 15 is 4.57 Å². The lowest BCUT2D eigenvalue weighted by molar-refractivity contribution is 0.592. The third-order valence-corrected chi connectivity index (χ3v) is 14.2. The molecule has 2 heterocycles. The maximum Gasteiger partial charge on any atom is 0.175 e. The molecule has 0 bridgehead atoms. The van der Waals surface area contributed by atoms with Crippen molar-refractivity contribution in [3.63, 3.8) is 0 Å². The molecule has 1 atom stereocenters. The molecule has 10 aromatic rings. The highest BCUT2D eigenvalue weighted by Crippen LogP contribution is 2.51. The molecule has 0 saturated carbocycles. The van der Waals surface area contributed by atoms with Crippen LogP contribution in [0, 0.1) is 0 Å². The standard InChI is InChI=1S/C51H33N2OP/c54-55(45-18-5-2-6-19-45)48-21-11-20-46-50(48)53(51(52-46)36-14-3-1-4-15-36)47-27-26-41(33-49(47)55)44-31-42(39-24-22-34-12-7-9-16-37(34)28-39)30-43(32-44)40-25-23-35-13-8-10-17-38(35)29-40/h1-33H. The lowest BCUT2D eigenvalue weighted by atomic mass is 9.92. The molecule has 4 heteroatoms. The number of hydrogen-bond acceptors (Lipinski definition) is 2. The van der Waals surface area contributed by atoms with E-state index in [4.69, 9.17) is 4.98 Å². The number of imidazole rings is 1. The Kier molecular flexibility index (Phi) is 7.14. The van der Waals surface area contributed by atoms with Gasteiger partial charge in [0, 0.05) is 21.5 Å². The summed E-state index contributed by atoms with van der Waals surface area (Å²) in [6.07, 6.45) is 0. The highest BCUT2D eigenvalue weighted by molar-refractivity contribution is 7.86. The Labute approximate surface area is 319 Å². The molecule has 55 heavy (non-hydrogen) atoms. The minimum Gasteiger partial charge on any atom is -0.308 e. The topological polar surface area (TPSA) is 34.9 Å². The molecule has 1 aliphatic rings. The Balaban J connectivity index is 1.17. The summed E-state index contributed by atoms with van der Waals surface area (Å²) in [4.78, 5) is 5.17. The van der Waals surface area contributed by atoms with E-state index in [0.717, 1.165) is 77.4 Å². The van der Waals surface area contributed by atoms with E-state index < -0.39 is 7.14 Å². The zero-order valence-electron chi connectivity index (χ0n) is 29.8. The third kappa shape index (κ3) is 5.05. The fraction of sp³-hybridized carbons (Fsp3) is 0. The van der Waals surface area contributed by atoms with Crippen molar-refractivity contribution in [1.29, 1.82) is 0 Å². The Hall–Kier alpha value is -6.80. The summed E-state index contributed by atoms with van der Waals surface area (Å²) in [7, 11) is -3.35. The van der Waals surface area contributed by atoms with Gasteiger partial charge in [-0.2, -0.15) is 0 Å². The van der Waals surface area contributed by atoms with E-state index in [1.807, 2.05) is 66.7 Å². The highest BCUT2D eigenvalue weighted by Gasteiger charge is 2.40. The first kappa shape index (κ1) is 31.7. The maximum absolute atomic E-state index is 16.2. The van der Waals surface area contributed by atoms with Crippen LogP contribution in [0.2, 0.25) is 0 Å². The van der Waals surface area contributed by atoms with Gasteiger partial charge in [-0.05, 0) is 110 Å². The van der Waals surface area contributed by atoms with Gasteiger partial charge < -0.3 is 4.57 Å². The summed E-state index contributed by atoms with van der Waals surface area (Å²) in [5.41, 5.74) is 10.3. The molecule has 1 aromatic heterocycles. The summed E-state index contributed by atoms with van der Waals surface area (Å²) in [6, 6.07) is 70.2. The summed E-state index contributed by atoms with van der Waals surface area (Å²) in [5, 5.41) is 7.28. The second-order valence-corrected chi connectivity index (χ2v) is 17.1. The fourth-order valence-corrected chi connectivity index (χ4v) is 11.5. The molecule has 3 nitrogen and oxygen atoms in total. The molecule has 0 radical (unpaired) electrons. The predicted octanol–water partition coefficient (Wildman–Crippen LogP) is 12.0. The SMILES string of the molecule is O=P1(c2ccccc2)c2cc(-c3cc(-c4ccc5ccccc5c4)cc(-c4ccc5ccccc5c4)c3)ccc2-n2c(-c3ccccc3)nc3cccc1c32. The van der Waals surface area contributed by atoms with Crippen molar-refractivity contribution in [3.8, 4) is 50.5 Å². The Morgan fingerprint density at radius 2 is 0.909 bits per heavy atom. The third-order valence-electron chi connectivity index (χ3n) is 11.1. The van der Waals surface area contributed by atoms with Crippen molar-refractivity contribution in [2.24, 2.45) is 0 Å². The maximum atomic E-state index is 16.2. The van der Waals surface area contributed by atoms with Crippen LogP contribution in [0.15, 0.2) is 200 Å². The van der Waals surface area contributed by atoms with Crippen LogP contribution >= 0.6 is 7.14 Å². The van der Waals surface area contributed by atoms with Crippen molar-refractivity contribution in [1.82, 2.24) is 9.55 Å². The number of hydrogen-bond donors (Lipinski definition) is 0. The molecule has 0 spiro atoms. The molecular weight excluding hydrogens is 688 g/mol. The molecule has 0 N–H and O–H groups in total. The molecule has 9 aromatic carbocycles. The van der Waals surface area contributed by atoms with Crippen molar-refractivity contribution >= 4 is 55.6 Å². The molecule has 0 fully saturated rings. The summed E-state index contributed by atoms with van der Waals surface area (Å²) in [5.74, 6) is 0.841. The normalized spacial score (nSPS) is 14.7. The summed E-state index contributed by atoms with van der Waals surface area (Å²) >= 11 is 0. The average Bonchev–Trinajstić information content (AvgIpc) is 3.66. The monoisotopic (exact) mass is 720 g/mol. The number of rotatable bonds is 5. The van der Waals surface area contributed by atoms with E-state index in [-0.39, 0.29) is 0 Å². The van der Waals surface area contributed by atoms with E-state index in [0.29, 0.717) is 0 Å². The van der Waals surface area contributed by atoms with E-state index in [2.05, 4.69) is 138 Å². The van der Waals surface area contributed by atoms with Crippen LogP contribution in [0.25, 0.3) is 83.0 Å². The Morgan fingerprint density at radius 3 is 1.53 bits per heavy atom. The lowest BCUT2D eigenvalue weighted by Crippen LogP contribution is -2.33. The largest absolute Gasteiger partial charge is 0.308 e. The molecular formula is C51H33N2OP. The average molecular weight is 721 g/mol. The van der Waals surface area contributed by atoms with Crippen LogP contribution in [-0.4, -0.2) is 9.55 Å². The molecule has 1 aliphatic heterocycles. The Morgan fingerprint density at radius 1 is 0.382 bits per heavy atom. The number of fused-ring (bicyclic) bond motifs is 4. The quantitative estimate of drug-likeness (QED) is 0.166. The lowest BCUT2D eigenvalue weighted by Gasteiger charge is -2.29. The van der Waals surface area contributed by atoms with Gasteiger partial charge in [0.1, 0.15) is 5.82 Å². The van der Waals surface area contributed by atoms with E-state index in [9.17, 15) is 0 Å². The van der Waals surface area contributed by atoms with Crippen LogP contribution in [-0.2, 0) is 4.57 Å². The zero-order valence-corrected chi connectivity index (χ0v) is 30.7. The molecule has 1 unspecified atom stereocenters. The molecule has 11 rings (SSSR count). The summed E-state index contributed by atoms with van der Waals surface area (Å²) < 4.78 is 18.4. The predicted molar refractivity (Wildman–Crippen MR) is 231 cm³/mol. The molecule has 258 valence electrons. The van der Waals surface area contributed by atoms with Crippen molar-refractivity contribution in [2.75, 3.05) is 0 Å². The minimum atomic E-state index is -3.35. The van der Waals surface area contributed by atoms with Gasteiger partial charge in [-0.25, -0.2) is 4.98 Å². The molecule has 0 amide bonds. The van der Waals surface area contributed by atoms with Gasteiger partial charge >= 0.3 is 0 Å². The molecule has 0 aliphatic carbocycles. The smallest absolute Gasteiger partial charge is 0.175 e. The van der Waals surface area contributed by atoms with Crippen LogP contribution in [0.3, 0.4) is 0 Å². The van der Waals surface area contributed by atoms with Crippen molar-refractivity contribution in [3.05, 3.63) is 200 Å². The van der Waals surface area contributed by atoms with Gasteiger partial charge in [0.15, 0.2) is 7.14 Å². The van der Waals surface area contributed by atoms with Crippen LogP contribution in [0.5, 0.6) is 0 Å². The minimum absolute atomic E-state index is 0.815. The van der Waals surface area contributed by atoms with Gasteiger partial charge in [-0.15, -0.1) is 0 Å². The van der Waals surface area contributed by atoms with Gasteiger partial charge in [0.2, 0.25) is 0 Å². The van der Waals surface area contributed by atoms with Crippen molar-refractivity contribution in [2.45, 2.75) is 0 Å². The van der Waals surface area contributed by atoms with Gasteiger partial charge in [-0.1, -0.05) is 146 Å².